The van der Waals surface area contributed by atoms with Crippen LogP contribution in [0.2, 0.25) is 5.02 Å². The van der Waals surface area contributed by atoms with Gasteiger partial charge in [0, 0.05) is 11.9 Å². The molecule has 0 spiro atoms. The number of carboxylic acid groups (broad SMARTS) is 1. The Morgan fingerprint density at radius 1 is 1.32 bits per heavy atom. The Balaban J connectivity index is 2.22. The van der Waals surface area contributed by atoms with Crippen molar-refractivity contribution in [3.63, 3.8) is 0 Å². The third-order valence-corrected chi connectivity index (χ3v) is 2.84. The zero-order chi connectivity index (χ0) is 14.0. The molecule has 0 fully saturated rings. The second kappa shape index (κ2) is 5.16. The third kappa shape index (κ3) is 2.95. The minimum atomic E-state index is -1.03. The first kappa shape index (κ1) is 13.2. The van der Waals surface area contributed by atoms with E-state index in [9.17, 15) is 9.59 Å². The molecule has 0 aliphatic heterocycles. The first-order valence-electron chi connectivity index (χ1n) is 5.46. The van der Waals surface area contributed by atoms with Gasteiger partial charge >= 0.3 is 5.97 Å². The predicted octanol–water partition coefficient (Wildman–Crippen LogP) is 2.93. The summed E-state index contributed by atoms with van der Waals surface area (Å²) in [5.74, 6) is -1.41. The number of amides is 1. The van der Waals surface area contributed by atoms with Gasteiger partial charge in [0.25, 0.3) is 5.91 Å². The smallest absolute Gasteiger partial charge is 0.336 e. The number of carbonyl (C=O) groups is 2. The van der Waals surface area contributed by atoms with E-state index in [-0.39, 0.29) is 11.5 Å². The lowest BCUT2D eigenvalue weighted by molar-refractivity contribution is 0.0695. The largest absolute Gasteiger partial charge is 0.478 e. The highest BCUT2D eigenvalue weighted by atomic mass is 35.5. The summed E-state index contributed by atoms with van der Waals surface area (Å²) in [6, 6.07) is 6.19. The second-order valence-electron chi connectivity index (χ2n) is 4.02. The topological polar surface area (TPSA) is 82.2 Å². The molecule has 19 heavy (non-hydrogen) atoms. The first-order valence-corrected chi connectivity index (χ1v) is 5.84. The molecule has 3 N–H and O–H groups in total. The van der Waals surface area contributed by atoms with Gasteiger partial charge in [0.15, 0.2) is 0 Å². The van der Waals surface area contributed by atoms with Gasteiger partial charge in [-0.2, -0.15) is 0 Å². The Morgan fingerprint density at radius 3 is 2.63 bits per heavy atom. The van der Waals surface area contributed by atoms with Crippen molar-refractivity contribution in [2.75, 3.05) is 5.32 Å². The maximum Gasteiger partial charge on any atom is 0.336 e. The number of carbonyl (C=O) groups excluding carboxylic acids is 1. The molecule has 2 rings (SSSR count). The summed E-state index contributed by atoms with van der Waals surface area (Å²) in [6.45, 7) is 1.69. The number of aromatic nitrogens is 1. The third-order valence-electron chi connectivity index (χ3n) is 2.62. The van der Waals surface area contributed by atoms with Gasteiger partial charge in [-0.15, -0.1) is 0 Å². The lowest BCUT2D eigenvalue weighted by atomic mass is 10.1. The number of aryl methyl sites for hydroxylation is 1. The number of anilines is 1. The summed E-state index contributed by atoms with van der Waals surface area (Å²) in [5, 5.41) is 12.0. The van der Waals surface area contributed by atoms with E-state index in [4.69, 9.17) is 16.7 Å². The molecule has 1 aromatic carbocycles. The second-order valence-corrected chi connectivity index (χ2v) is 4.46. The Bertz CT molecular complexity index is 649. The fraction of sp³-hybridized carbons (Fsp3) is 0.0769. The number of aromatic carboxylic acids is 1. The van der Waals surface area contributed by atoms with Crippen molar-refractivity contribution < 1.29 is 14.7 Å². The summed E-state index contributed by atoms with van der Waals surface area (Å²) in [6.07, 6.45) is 1.49. The van der Waals surface area contributed by atoms with Gasteiger partial charge in [-0.1, -0.05) is 17.7 Å². The van der Waals surface area contributed by atoms with Crippen LogP contribution >= 0.6 is 11.6 Å². The van der Waals surface area contributed by atoms with Crippen molar-refractivity contribution in [2.24, 2.45) is 0 Å². The van der Waals surface area contributed by atoms with Crippen molar-refractivity contribution in [2.45, 2.75) is 6.92 Å². The Morgan fingerprint density at radius 2 is 2.05 bits per heavy atom. The molecular weight excluding hydrogens is 268 g/mol. The number of rotatable bonds is 3. The Hall–Kier alpha value is -2.27. The zero-order valence-electron chi connectivity index (χ0n) is 10.0. The molecule has 1 heterocycles. The van der Waals surface area contributed by atoms with E-state index in [1.165, 1.54) is 18.3 Å². The molecule has 0 atom stereocenters. The van der Waals surface area contributed by atoms with E-state index in [1.54, 1.807) is 19.1 Å². The number of hydrogen-bond acceptors (Lipinski definition) is 2. The van der Waals surface area contributed by atoms with Crippen LogP contribution in [0, 0.1) is 6.92 Å². The van der Waals surface area contributed by atoms with Crippen LogP contribution in [-0.2, 0) is 0 Å². The van der Waals surface area contributed by atoms with Gasteiger partial charge < -0.3 is 15.4 Å². The maximum absolute atomic E-state index is 11.8. The zero-order valence-corrected chi connectivity index (χ0v) is 10.8. The lowest BCUT2D eigenvalue weighted by Gasteiger charge is -2.06. The number of H-pyrrole nitrogens is 1. The molecule has 0 aliphatic carbocycles. The van der Waals surface area contributed by atoms with E-state index >= 15 is 0 Å². The fourth-order valence-corrected chi connectivity index (χ4v) is 1.79. The van der Waals surface area contributed by atoms with Crippen molar-refractivity contribution in [1.82, 2.24) is 4.98 Å². The van der Waals surface area contributed by atoms with Crippen LogP contribution < -0.4 is 5.32 Å². The predicted molar refractivity (Wildman–Crippen MR) is 71.9 cm³/mol. The number of carboxylic acids is 1. The molecule has 0 radical (unpaired) electrons. The average Bonchev–Trinajstić information content (AvgIpc) is 2.78. The molecule has 0 saturated carbocycles. The monoisotopic (exact) mass is 278 g/mol. The summed E-state index contributed by atoms with van der Waals surface area (Å²) < 4.78 is 0. The van der Waals surface area contributed by atoms with Crippen LogP contribution in [0.1, 0.15) is 26.4 Å². The summed E-state index contributed by atoms with van der Waals surface area (Å²) in [7, 11) is 0. The van der Waals surface area contributed by atoms with E-state index in [0.717, 1.165) is 0 Å². The van der Waals surface area contributed by atoms with Crippen molar-refractivity contribution in [3.05, 3.63) is 52.3 Å². The molecule has 0 bridgehead atoms. The van der Waals surface area contributed by atoms with E-state index < -0.39 is 5.97 Å². The quantitative estimate of drug-likeness (QED) is 0.807. The van der Waals surface area contributed by atoms with Crippen LogP contribution in [0.25, 0.3) is 0 Å². The summed E-state index contributed by atoms with van der Waals surface area (Å²) >= 11 is 5.71. The summed E-state index contributed by atoms with van der Waals surface area (Å²) in [4.78, 5) is 25.6. The van der Waals surface area contributed by atoms with Crippen LogP contribution in [0.4, 0.5) is 5.69 Å². The van der Waals surface area contributed by atoms with Crippen LogP contribution in [0.3, 0.4) is 0 Å². The minimum absolute atomic E-state index is 0.155. The average molecular weight is 279 g/mol. The Labute approximate surface area is 114 Å². The molecule has 0 unspecified atom stereocenters. The number of nitrogens with one attached hydrogen (secondary N) is 2. The van der Waals surface area contributed by atoms with Crippen molar-refractivity contribution in [3.8, 4) is 0 Å². The standard InChI is InChI=1S/C13H11ClN2O3/c1-7-2-3-9(5-10(7)13(18)19)16-12(17)11-4-8(14)6-15-11/h2-6,15H,1H3,(H,16,17)(H,18,19). The van der Waals surface area contributed by atoms with E-state index in [2.05, 4.69) is 10.3 Å². The molecule has 5 nitrogen and oxygen atoms in total. The van der Waals surface area contributed by atoms with Crippen LogP contribution in [-0.4, -0.2) is 22.0 Å². The van der Waals surface area contributed by atoms with Crippen molar-refractivity contribution in [1.29, 1.82) is 0 Å². The first-order chi connectivity index (χ1) is 8.97. The highest BCUT2D eigenvalue weighted by molar-refractivity contribution is 6.31. The molecule has 98 valence electrons. The molecule has 1 amide bonds. The highest BCUT2D eigenvalue weighted by Crippen LogP contribution is 2.17. The van der Waals surface area contributed by atoms with Gasteiger partial charge in [0.05, 0.1) is 10.6 Å². The number of benzene rings is 1. The number of hydrogen-bond donors (Lipinski definition) is 3. The van der Waals surface area contributed by atoms with Gasteiger partial charge in [-0.05, 0) is 30.7 Å². The molecule has 6 heteroatoms. The lowest BCUT2D eigenvalue weighted by Crippen LogP contribution is -2.13. The van der Waals surface area contributed by atoms with Gasteiger partial charge in [-0.25, -0.2) is 4.79 Å². The van der Waals surface area contributed by atoms with Gasteiger partial charge in [0.1, 0.15) is 5.69 Å². The Kier molecular flexibility index (Phi) is 3.57. The normalized spacial score (nSPS) is 10.2. The fourth-order valence-electron chi connectivity index (χ4n) is 1.63. The van der Waals surface area contributed by atoms with Gasteiger partial charge in [0.2, 0.25) is 0 Å². The number of halogens is 1. The molecule has 0 aliphatic rings. The molecule has 1 aromatic heterocycles. The van der Waals surface area contributed by atoms with Crippen molar-refractivity contribution >= 4 is 29.2 Å². The number of aromatic amines is 1. The molecule has 2 aromatic rings. The maximum atomic E-state index is 11.8. The SMILES string of the molecule is Cc1ccc(NC(=O)c2cc(Cl)c[nH]2)cc1C(=O)O. The van der Waals surface area contributed by atoms with Crippen LogP contribution in [0.15, 0.2) is 30.5 Å². The minimum Gasteiger partial charge on any atom is -0.478 e. The van der Waals surface area contributed by atoms with E-state index in [0.29, 0.717) is 22.0 Å². The highest BCUT2D eigenvalue weighted by Gasteiger charge is 2.11. The molecular formula is C13H11ClN2O3. The van der Waals surface area contributed by atoms with E-state index in [1.807, 2.05) is 0 Å². The molecule has 0 saturated heterocycles. The van der Waals surface area contributed by atoms with Crippen LogP contribution in [0.5, 0.6) is 0 Å². The summed E-state index contributed by atoms with van der Waals surface area (Å²) in [5.41, 5.74) is 1.51. The van der Waals surface area contributed by atoms with Gasteiger partial charge in [-0.3, -0.25) is 4.79 Å².